The van der Waals surface area contributed by atoms with Crippen LogP contribution in [0, 0.1) is 0 Å². The summed E-state index contributed by atoms with van der Waals surface area (Å²) in [5.41, 5.74) is 0. The van der Waals surface area contributed by atoms with Gasteiger partial charge in [-0.15, -0.1) is 0 Å². The van der Waals surface area contributed by atoms with Gasteiger partial charge in [-0.25, -0.2) is 0 Å². The maximum atomic E-state index is 13.2. The topological polar surface area (TPSA) is 41.5 Å². The molecule has 3 nitrogen and oxygen atoms in total. The number of hydrogen-bond donors (Lipinski definition) is 2. The highest BCUT2D eigenvalue weighted by atomic mass is 19.4. The van der Waals surface area contributed by atoms with E-state index in [1.54, 1.807) is 0 Å². The first kappa shape index (κ1) is 24.1. The summed E-state index contributed by atoms with van der Waals surface area (Å²) < 4.78 is 144. The Bertz CT molecular complexity index is 436. The van der Waals surface area contributed by atoms with Crippen molar-refractivity contribution in [3.8, 4) is 0 Å². The monoisotopic (exact) mass is 401 g/mol. The second kappa shape index (κ2) is 7.39. The Morgan fingerprint density at radius 1 is 0.800 bits per heavy atom. The van der Waals surface area contributed by atoms with Crippen LogP contribution in [-0.4, -0.2) is 60.5 Å². The summed E-state index contributed by atoms with van der Waals surface area (Å²) in [6, 6.07) is 0. The molecule has 0 aromatic rings. The third kappa shape index (κ3) is 4.84. The van der Waals surface area contributed by atoms with E-state index in [0.717, 1.165) is 0 Å². The van der Waals surface area contributed by atoms with Crippen LogP contribution in [0.25, 0.3) is 0 Å². The van der Waals surface area contributed by atoms with E-state index in [0.29, 0.717) is 0 Å². The lowest BCUT2D eigenvalue weighted by atomic mass is 9.98. The molecule has 0 amide bonds. The first-order chi connectivity index (χ1) is 10.8. The summed E-state index contributed by atoms with van der Waals surface area (Å²) in [4.78, 5) is 0. The molecule has 2 N–H and O–H groups in total. The van der Waals surface area contributed by atoms with Crippen LogP contribution in [0.5, 0.6) is 0 Å². The van der Waals surface area contributed by atoms with E-state index >= 15 is 0 Å². The molecule has 0 aliphatic carbocycles. The van der Waals surface area contributed by atoms with Gasteiger partial charge in [-0.2, -0.15) is 48.3 Å². The van der Waals surface area contributed by atoms with Crippen molar-refractivity contribution in [2.45, 2.75) is 56.0 Å². The van der Waals surface area contributed by atoms with Crippen molar-refractivity contribution in [2.24, 2.45) is 0 Å². The number of ether oxygens (including phenoxy) is 1. The molecule has 0 rings (SSSR count). The molecule has 1 atom stereocenters. The average molecular weight is 401 g/mol. The fourth-order valence-corrected chi connectivity index (χ4v) is 1.30. The molecule has 0 bridgehead atoms. The zero-order chi connectivity index (χ0) is 20.5. The van der Waals surface area contributed by atoms with Crippen LogP contribution >= 0.6 is 0 Å². The number of aliphatic hydroxyl groups excluding tert-OH is 1. The Labute approximate surface area is 134 Å². The third-order valence-corrected chi connectivity index (χ3v) is 2.75. The smallest absolute Gasteiger partial charge is 0.376 e. The molecule has 0 spiro atoms. The fourth-order valence-electron chi connectivity index (χ4n) is 1.30. The number of aliphatic hydroxyl groups is 1. The van der Waals surface area contributed by atoms with Gasteiger partial charge >= 0.3 is 29.9 Å². The summed E-state index contributed by atoms with van der Waals surface area (Å²) in [7, 11) is 0. The van der Waals surface area contributed by atoms with Gasteiger partial charge in [-0.1, -0.05) is 0 Å². The highest BCUT2D eigenvalue weighted by Gasteiger charge is 2.86. The average Bonchev–Trinajstić information content (AvgIpc) is 2.41. The first-order valence-electron chi connectivity index (χ1n) is 6.42. The second-order valence-electron chi connectivity index (χ2n) is 5.20. The molecule has 0 aliphatic heterocycles. The minimum absolute atomic E-state index is 0.548. The van der Waals surface area contributed by atoms with Crippen molar-refractivity contribution in [1.29, 1.82) is 0 Å². The third-order valence-electron chi connectivity index (χ3n) is 2.75. The van der Waals surface area contributed by atoms with E-state index in [-0.39, 0.29) is 0 Å². The molecule has 0 aliphatic rings. The van der Waals surface area contributed by atoms with E-state index in [1.807, 2.05) is 0 Å². The van der Waals surface area contributed by atoms with Crippen molar-refractivity contribution >= 4 is 0 Å². The molecule has 0 saturated heterocycles. The van der Waals surface area contributed by atoms with Crippen molar-refractivity contribution < 1.29 is 58.1 Å². The maximum Gasteiger partial charge on any atom is 0.460 e. The predicted octanol–water partition coefficient (Wildman–Crippen LogP) is 3.42. The Morgan fingerprint density at radius 2 is 1.24 bits per heavy atom. The van der Waals surface area contributed by atoms with Gasteiger partial charge in [0.2, 0.25) is 0 Å². The van der Waals surface area contributed by atoms with Gasteiger partial charge in [0.15, 0.2) is 0 Å². The first-order valence-corrected chi connectivity index (χ1v) is 6.42. The number of alkyl halides is 11. The van der Waals surface area contributed by atoms with E-state index in [9.17, 15) is 48.3 Å². The highest BCUT2D eigenvalue weighted by molar-refractivity contribution is 5.06. The SMILES string of the molecule is CC(C)OCC(O)NCC(F)(F)C(F)(F)C(F)(F)C(F)(F)C(F)(F)F. The van der Waals surface area contributed by atoms with E-state index in [2.05, 4.69) is 4.74 Å². The van der Waals surface area contributed by atoms with Crippen LogP contribution in [0.4, 0.5) is 48.3 Å². The lowest BCUT2D eigenvalue weighted by Gasteiger charge is -2.37. The lowest BCUT2D eigenvalue weighted by Crippen LogP contribution is -2.68. The van der Waals surface area contributed by atoms with Gasteiger partial charge in [0.1, 0.15) is 6.23 Å². The maximum absolute atomic E-state index is 13.2. The second-order valence-corrected chi connectivity index (χ2v) is 5.20. The number of nitrogens with one attached hydrogen (secondary N) is 1. The van der Waals surface area contributed by atoms with Crippen LogP contribution in [-0.2, 0) is 4.74 Å². The van der Waals surface area contributed by atoms with Crippen LogP contribution in [0.1, 0.15) is 13.8 Å². The molecule has 25 heavy (non-hydrogen) atoms. The summed E-state index contributed by atoms with van der Waals surface area (Å²) in [5.74, 6) is -28.0. The highest BCUT2D eigenvalue weighted by Crippen LogP contribution is 2.57. The normalized spacial score (nSPS) is 16.4. The van der Waals surface area contributed by atoms with Crippen LogP contribution in [0.2, 0.25) is 0 Å². The molecular formula is C11H14F11NO2. The Balaban J connectivity index is 5.32. The van der Waals surface area contributed by atoms with Crippen LogP contribution in [0.15, 0.2) is 0 Å². The van der Waals surface area contributed by atoms with Crippen LogP contribution < -0.4 is 5.32 Å². The van der Waals surface area contributed by atoms with E-state index in [4.69, 9.17) is 5.11 Å². The zero-order valence-corrected chi connectivity index (χ0v) is 12.6. The molecule has 0 aromatic carbocycles. The predicted molar refractivity (Wildman–Crippen MR) is 60.9 cm³/mol. The molecule has 14 heteroatoms. The van der Waals surface area contributed by atoms with Gasteiger partial charge in [-0.05, 0) is 13.8 Å². The Hall–Kier alpha value is -0.890. The molecule has 0 radical (unpaired) electrons. The van der Waals surface area contributed by atoms with Gasteiger partial charge in [0.25, 0.3) is 0 Å². The summed E-state index contributed by atoms with van der Waals surface area (Å²) in [6.07, 6.45) is -9.84. The van der Waals surface area contributed by atoms with Gasteiger partial charge < -0.3 is 9.84 Å². The quantitative estimate of drug-likeness (QED) is 0.460. The van der Waals surface area contributed by atoms with E-state index < -0.39 is 55.3 Å². The Kier molecular flexibility index (Phi) is 7.12. The van der Waals surface area contributed by atoms with Crippen molar-refractivity contribution in [3.63, 3.8) is 0 Å². The molecule has 0 saturated carbocycles. The molecule has 0 heterocycles. The number of hydrogen-bond acceptors (Lipinski definition) is 3. The van der Waals surface area contributed by atoms with Gasteiger partial charge in [0.05, 0.1) is 19.3 Å². The number of halogens is 11. The molecule has 0 aromatic heterocycles. The van der Waals surface area contributed by atoms with Crippen molar-refractivity contribution in [2.75, 3.05) is 13.2 Å². The molecule has 1 unspecified atom stereocenters. The van der Waals surface area contributed by atoms with E-state index in [1.165, 1.54) is 19.2 Å². The lowest BCUT2D eigenvalue weighted by molar-refractivity contribution is -0.421. The summed E-state index contributed by atoms with van der Waals surface area (Å²) >= 11 is 0. The fraction of sp³-hybridized carbons (Fsp3) is 1.00. The summed E-state index contributed by atoms with van der Waals surface area (Å²) in [6.45, 7) is -0.439. The summed E-state index contributed by atoms with van der Waals surface area (Å²) in [5, 5.41) is 10.3. The van der Waals surface area contributed by atoms with Crippen LogP contribution in [0.3, 0.4) is 0 Å². The number of rotatable bonds is 9. The minimum atomic E-state index is -7.46. The Morgan fingerprint density at radius 3 is 1.60 bits per heavy atom. The van der Waals surface area contributed by atoms with Crippen molar-refractivity contribution in [3.05, 3.63) is 0 Å². The molecular weight excluding hydrogens is 387 g/mol. The largest absolute Gasteiger partial charge is 0.460 e. The van der Waals surface area contributed by atoms with Gasteiger partial charge in [-0.3, -0.25) is 5.32 Å². The zero-order valence-electron chi connectivity index (χ0n) is 12.6. The molecule has 152 valence electrons. The minimum Gasteiger partial charge on any atom is -0.376 e. The van der Waals surface area contributed by atoms with Gasteiger partial charge in [0, 0.05) is 0 Å². The standard InChI is InChI=1S/C11H14F11NO2/c1-5(2)25-3-6(24)23-4-7(12,13)8(14,15)9(16,17)10(18,19)11(20,21)22/h5-6,23-24H,3-4H2,1-2H3. The molecule has 0 fully saturated rings. The van der Waals surface area contributed by atoms with Crippen molar-refractivity contribution in [1.82, 2.24) is 5.32 Å².